The number of allylic oxidation sites excluding steroid dienone is 3. The van der Waals surface area contributed by atoms with Crippen molar-refractivity contribution >= 4 is 11.8 Å². The van der Waals surface area contributed by atoms with Gasteiger partial charge in [-0.1, -0.05) is 32.1 Å². The lowest BCUT2D eigenvalue weighted by Gasteiger charge is -2.41. The number of hydrogen-bond acceptors (Lipinski definition) is 3. The first kappa shape index (κ1) is 17.0. The van der Waals surface area contributed by atoms with Gasteiger partial charge in [0.15, 0.2) is 0 Å². The predicted molar refractivity (Wildman–Crippen MR) is 87.3 cm³/mol. The molecule has 0 N–H and O–H groups in total. The minimum absolute atomic E-state index is 0.171. The van der Waals surface area contributed by atoms with Crippen molar-refractivity contribution in [1.29, 1.82) is 0 Å². The fraction of sp³-hybridized carbons (Fsp3) is 0.684. The second-order valence-electron chi connectivity index (χ2n) is 6.92. The third kappa shape index (κ3) is 3.50. The molecule has 3 heteroatoms. The first-order chi connectivity index (χ1) is 10.5. The molecule has 0 aliphatic heterocycles. The molecular weight excluding hydrogens is 276 g/mol. The maximum absolute atomic E-state index is 12.2. The van der Waals surface area contributed by atoms with Crippen LogP contribution in [0.4, 0.5) is 0 Å². The number of ketones is 1. The molecule has 2 fully saturated rings. The van der Waals surface area contributed by atoms with Crippen LogP contribution in [-0.2, 0) is 14.3 Å². The van der Waals surface area contributed by atoms with Crippen LogP contribution in [0.5, 0.6) is 0 Å². The van der Waals surface area contributed by atoms with E-state index in [1.54, 1.807) is 13.0 Å². The van der Waals surface area contributed by atoms with Crippen molar-refractivity contribution in [1.82, 2.24) is 0 Å². The van der Waals surface area contributed by atoms with Crippen LogP contribution in [0.1, 0.15) is 52.9 Å². The second-order valence-corrected chi connectivity index (χ2v) is 6.92. The van der Waals surface area contributed by atoms with Crippen molar-refractivity contribution < 1.29 is 14.3 Å². The topological polar surface area (TPSA) is 43.4 Å². The Labute approximate surface area is 133 Å². The standard InChI is InChI=1S/C19H28O3/c1-4-22-18(21)10-6-5-8-14(2)15-11-12-16-17(20)9-7-13-19(15,16)3/h5-6,8,10,14-16H,4,7,9,11-13H2,1-3H3/b8-5+,10-6+. The summed E-state index contributed by atoms with van der Waals surface area (Å²) in [5.41, 5.74) is 0.171. The lowest BCUT2D eigenvalue weighted by atomic mass is 9.62. The number of esters is 1. The Morgan fingerprint density at radius 3 is 2.91 bits per heavy atom. The first-order valence-electron chi connectivity index (χ1n) is 8.53. The molecule has 3 nitrogen and oxygen atoms in total. The Balaban J connectivity index is 1.96. The average Bonchev–Trinajstić information content (AvgIpc) is 2.82. The molecule has 2 aliphatic carbocycles. The molecule has 4 atom stereocenters. The Kier molecular flexibility index (Phi) is 5.60. The van der Waals surface area contributed by atoms with E-state index in [4.69, 9.17) is 4.74 Å². The van der Waals surface area contributed by atoms with Gasteiger partial charge in [0.2, 0.25) is 0 Å². The fourth-order valence-electron chi connectivity index (χ4n) is 4.53. The predicted octanol–water partition coefficient (Wildman–Crippen LogP) is 4.08. The van der Waals surface area contributed by atoms with E-state index in [1.165, 1.54) is 12.5 Å². The van der Waals surface area contributed by atoms with E-state index in [0.29, 0.717) is 24.2 Å². The molecule has 2 rings (SSSR count). The Hall–Kier alpha value is -1.38. The minimum atomic E-state index is -0.300. The molecule has 0 radical (unpaired) electrons. The van der Waals surface area contributed by atoms with Crippen LogP contribution in [0.2, 0.25) is 0 Å². The van der Waals surface area contributed by atoms with E-state index in [-0.39, 0.29) is 17.3 Å². The number of carbonyl (C=O) groups is 2. The van der Waals surface area contributed by atoms with E-state index < -0.39 is 0 Å². The van der Waals surface area contributed by atoms with Crippen molar-refractivity contribution in [2.75, 3.05) is 6.61 Å². The van der Waals surface area contributed by atoms with Gasteiger partial charge in [0, 0.05) is 18.4 Å². The largest absolute Gasteiger partial charge is 0.463 e. The van der Waals surface area contributed by atoms with Gasteiger partial charge >= 0.3 is 5.97 Å². The number of carbonyl (C=O) groups excluding carboxylic acids is 2. The highest BCUT2D eigenvalue weighted by atomic mass is 16.5. The molecule has 0 heterocycles. The van der Waals surface area contributed by atoms with Crippen molar-refractivity contribution in [3.8, 4) is 0 Å². The third-order valence-electron chi connectivity index (χ3n) is 5.62. The molecule has 22 heavy (non-hydrogen) atoms. The monoisotopic (exact) mass is 304 g/mol. The molecular formula is C19H28O3. The molecule has 2 saturated carbocycles. The van der Waals surface area contributed by atoms with Crippen LogP contribution >= 0.6 is 0 Å². The summed E-state index contributed by atoms with van der Waals surface area (Å²) in [5.74, 6) is 1.44. The quantitative estimate of drug-likeness (QED) is 0.436. The third-order valence-corrected chi connectivity index (χ3v) is 5.62. The van der Waals surface area contributed by atoms with E-state index >= 15 is 0 Å². The van der Waals surface area contributed by atoms with Crippen molar-refractivity contribution in [2.24, 2.45) is 23.2 Å². The summed E-state index contributed by atoms with van der Waals surface area (Å²) in [6.45, 7) is 6.74. The summed E-state index contributed by atoms with van der Waals surface area (Å²) in [6.07, 6.45) is 12.5. The van der Waals surface area contributed by atoms with Crippen molar-refractivity contribution in [3.05, 3.63) is 24.3 Å². The lowest BCUT2D eigenvalue weighted by molar-refractivity contribution is -0.137. The smallest absolute Gasteiger partial charge is 0.330 e. The van der Waals surface area contributed by atoms with Gasteiger partial charge in [-0.2, -0.15) is 0 Å². The highest BCUT2D eigenvalue weighted by molar-refractivity contribution is 5.83. The van der Waals surface area contributed by atoms with Crippen LogP contribution in [0, 0.1) is 23.2 Å². The molecule has 0 spiro atoms. The Morgan fingerprint density at radius 2 is 2.18 bits per heavy atom. The molecule has 0 amide bonds. The van der Waals surface area contributed by atoms with E-state index in [0.717, 1.165) is 25.7 Å². The van der Waals surface area contributed by atoms with Crippen LogP contribution in [0.3, 0.4) is 0 Å². The molecule has 0 aromatic rings. The molecule has 4 unspecified atom stereocenters. The zero-order valence-corrected chi connectivity index (χ0v) is 14.0. The number of ether oxygens (including phenoxy) is 1. The highest BCUT2D eigenvalue weighted by Crippen LogP contribution is 2.56. The van der Waals surface area contributed by atoms with Gasteiger partial charge < -0.3 is 4.74 Å². The fourth-order valence-corrected chi connectivity index (χ4v) is 4.53. The van der Waals surface area contributed by atoms with Gasteiger partial charge in [0.25, 0.3) is 0 Å². The van der Waals surface area contributed by atoms with Crippen molar-refractivity contribution in [2.45, 2.75) is 52.9 Å². The molecule has 0 bridgehead atoms. The normalized spacial score (nSPS) is 33.3. The highest BCUT2D eigenvalue weighted by Gasteiger charge is 2.51. The van der Waals surface area contributed by atoms with E-state index in [2.05, 4.69) is 19.9 Å². The maximum atomic E-state index is 12.2. The summed E-state index contributed by atoms with van der Waals surface area (Å²) in [6, 6.07) is 0. The first-order valence-corrected chi connectivity index (χ1v) is 8.53. The number of fused-ring (bicyclic) bond motifs is 1. The Bertz CT molecular complexity index is 477. The van der Waals surface area contributed by atoms with Gasteiger partial charge in [-0.3, -0.25) is 4.79 Å². The van der Waals surface area contributed by atoms with Crippen LogP contribution in [0.25, 0.3) is 0 Å². The Morgan fingerprint density at radius 1 is 1.41 bits per heavy atom. The van der Waals surface area contributed by atoms with Gasteiger partial charge in [0.1, 0.15) is 5.78 Å². The van der Waals surface area contributed by atoms with Crippen LogP contribution in [0.15, 0.2) is 24.3 Å². The summed E-state index contributed by atoms with van der Waals surface area (Å²) < 4.78 is 4.85. The average molecular weight is 304 g/mol. The number of Topliss-reactive ketones (excluding diaryl/α,β-unsaturated/α-hetero) is 1. The van der Waals surface area contributed by atoms with Crippen LogP contribution in [-0.4, -0.2) is 18.4 Å². The van der Waals surface area contributed by atoms with E-state index in [1.807, 2.05) is 6.08 Å². The van der Waals surface area contributed by atoms with Gasteiger partial charge in [-0.15, -0.1) is 0 Å². The van der Waals surface area contributed by atoms with Gasteiger partial charge in [-0.25, -0.2) is 4.79 Å². The van der Waals surface area contributed by atoms with Gasteiger partial charge in [-0.05, 0) is 49.9 Å². The maximum Gasteiger partial charge on any atom is 0.330 e. The summed E-state index contributed by atoms with van der Waals surface area (Å²) >= 11 is 0. The SMILES string of the molecule is CCOC(=O)/C=C/C=C/C(C)C1CCC2C(=O)CCCC21C. The zero-order chi connectivity index (χ0) is 16.2. The lowest BCUT2D eigenvalue weighted by Crippen LogP contribution is -2.39. The summed E-state index contributed by atoms with van der Waals surface area (Å²) in [5, 5.41) is 0. The van der Waals surface area contributed by atoms with Gasteiger partial charge in [0.05, 0.1) is 6.61 Å². The molecule has 122 valence electrons. The number of rotatable bonds is 5. The number of hydrogen-bond donors (Lipinski definition) is 0. The molecule has 2 aliphatic rings. The molecule has 0 aromatic carbocycles. The van der Waals surface area contributed by atoms with E-state index in [9.17, 15) is 9.59 Å². The molecule has 0 saturated heterocycles. The molecule has 0 aromatic heterocycles. The second kappa shape index (κ2) is 7.26. The van der Waals surface area contributed by atoms with Crippen LogP contribution < -0.4 is 0 Å². The minimum Gasteiger partial charge on any atom is -0.463 e. The van der Waals surface area contributed by atoms with Crippen molar-refractivity contribution in [3.63, 3.8) is 0 Å². The summed E-state index contributed by atoms with van der Waals surface area (Å²) in [4.78, 5) is 23.4. The zero-order valence-electron chi connectivity index (χ0n) is 14.0. The summed E-state index contributed by atoms with van der Waals surface area (Å²) in [7, 11) is 0.